The van der Waals surface area contributed by atoms with Crippen molar-refractivity contribution in [1.82, 2.24) is 0 Å². The molecule has 0 amide bonds. The first-order valence-corrected chi connectivity index (χ1v) is 14.1. The second-order valence-corrected chi connectivity index (χ2v) is 12.8. The van der Waals surface area contributed by atoms with E-state index in [9.17, 15) is 5.11 Å². The molecule has 2 nitrogen and oxygen atoms in total. The van der Waals surface area contributed by atoms with Gasteiger partial charge in [-0.15, -0.1) is 0 Å². The maximum absolute atomic E-state index is 12.1. The van der Waals surface area contributed by atoms with Crippen LogP contribution < -0.4 is 20.8 Å². The SMILES string of the molecule is O[C@H]1[C@@H]([P+](c2ccccc2)(c2ccccc2)c2ccccc2)CCN1c1cccc2ccccc12. The standard InChI is InChI=1S/C32H29NOP/c34-32-31(23-24-33(32)30-22-12-14-25-13-10-11-21-29(25)30)35(26-15-4-1-5-16-26,27-17-6-2-7-18-27)28-19-8-3-9-20-28/h1-22,31-32,34H,23-24H2/q+1/t31-,32-/m0/s1. The Morgan fingerprint density at radius 2 is 1.06 bits per heavy atom. The Kier molecular flexibility index (Phi) is 5.86. The van der Waals surface area contributed by atoms with E-state index < -0.39 is 13.5 Å². The van der Waals surface area contributed by atoms with E-state index in [0.29, 0.717) is 0 Å². The maximum atomic E-state index is 12.1. The highest BCUT2D eigenvalue weighted by atomic mass is 31.2. The van der Waals surface area contributed by atoms with Crippen LogP contribution in [0.4, 0.5) is 5.69 Å². The Balaban J connectivity index is 1.56. The molecule has 0 unspecified atom stereocenters. The highest BCUT2D eigenvalue weighted by Crippen LogP contribution is 2.63. The molecule has 0 aliphatic carbocycles. The number of hydrogen-bond donors (Lipinski definition) is 1. The van der Waals surface area contributed by atoms with Crippen LogP contribution in [0, 0.1) is 0 Å². The minimum atomic E-state index is -2.17. The van der Waals surface area contributed by atoms with Crippen molar-refractivity contribution in [1.29, 1.82) is 0 Å². The lowest BCUT2D eigenvalue weighted by molar-refractivity contribution is 0.189. The number of aliphatic hydroxyl groups is 1. The molecule has 3 heteroatoms. The predicted octanol–water partition coefficient (Wildman–Crippen LogP) is 5.73. The van der Waals surface area contributed by atoms with Crippen LogP contribution in [-0.4, -0.2) is 23.5 Å². The fourth-order valence-corrected chi connectivity index (χ4v) is 10.9. The average Bonchev–Trinajstić information content (AvgIpc) is 3.32. The molecule has 1 N–H and O–H groups in total. The van der Waals surface area contributed by atoms with Gasteiger partial charge in [0, 0.05) is 24.0 Å². The van der Waals surface area contributed by atoms with Gasteiger partial charge >= 0.3 is 0 Å². The molecule has 0 spiro atoms. The maximum Gasteiger partial charge on any atom is 0.165 e. The molecule has 5 aromatic rings. The van der Waals surface area contributed by atoms with E-state index >= 15 is 0 Å². The molecule has 0 saturated carbocycles. The summed E-state index contributed by atoms with van der Waals surface area (Å²) in [6, 6.07) is 47.6. The van der Waals surface area contributed by atoms with Crippen LogP contribution in [-0.2, 0) is 0 Å². The van der Waals surface area contributed by atoms with Crippen LogP contribution in [0.2, 0.25) is 0 Å². The Hall–Kier alpha value is -3.45. The zero-order valence-electron chi connectivity index (χ0n) is 19.6. The summed E-state index contributed by atoms with van der Waals surface area (Å²) in [5.74, 6) is 0. The van der Waals surface area contributed by atoms with Gasteiger partial charge in [-0.3, -0.25) is 0 Å². The van der Waals surface area contributed by atoms with Gasteiger partial charge in [0.15, 0.2) is 6.23 Å². The molecule has 0 aromatic heterocycles. The van der Waals surface area contributed by atoms with Gasteiger partial charge in [0.2, 0.25) is 0 Å². The number of nitrogens with zero attached hydrogens (tertiary/aromatic N) is 1. The molecule has 172 valence electrons. The molecule has 2 atom stereocenters. The Labute approximate surface area is 207 Å². The molecule has 35 heavy (non-hydrogen) atoms. The van der Waals surface area contributed by atoms with E-state index in [-0.39, 0.29) is 5.66 Å². The molecule has 1 aliphatic rings. The van der Waals surface area contributed by atoms with Gasteiger partial charge in [0.05, 0.1) is 0 Å². The average molecular weight is 475 g/mol. The molecular weight excluding hydrogens is 445 g/mol. The van der Waals surface area contributed by atoms with E-state index in [1.54, 1.807) is 0 Å². The van der Waals surface area contributed by atoms with Crippen LogP contribution in [0.5, 0.6) is 0 Å². The highest BCUT2D eigenvalue weighted by molar-refractivity contribution is 7.96. The van der Waals surface area contributed by atoms with Crippen LogP contribution in [0.15, 0.2) is 133 Å². The molecular formula is C32H29NOP+. The third-order valence-electron chi connectivity index (χ3n) is 7.39. The topological polar surface area (TPSA) is 23.5 Å². The predicted molar refractivity (Wildman–Crippen MR) is 151 cm³/mol. The summed E-state index contributed by atoms with van der Waals surface area (Å²) in [5, 5.41) is 18.5. The van der Waals surface area contributed by atoms with Crippen LogP contribution in [0.3, 0.4) is 0 Å². The summed E-state index contributed by atoms with van der Waals surface area (Å²) in [4.78, 5) is 2.23. The van der Waals surface area contributed by atoms with Gasteiger partial charge in [-0.2, -0.15) is 0 Å². The van der Waals surface area contributed by atoms with Crippen LogP contribution >= 0.6 is 7.26 Å². The summed E-state index contributed by atoms with van der Waals surface area (Å²) in [6.45, 7) is 0.827. The van der Waals surface area contributed by atoms with Crippen LogP contribution in [0.1, 0.15) is 6.42 Å². The van der Waals surface area contributed by atoms with Crippen molar-refractivity contribution >= 4 is 39.6 Å². The lowest BCUT2D eigenvalue weighted by Crippen LogP contribution is -2.45. The van der Waals surface area contributed by atoms with E-state index in [1.807, 2.05) is 0 Å². The van der Waals surface area contributed by atoms with Gasteiger partial charge in [-0.05, 0) is 47.9 Å². The molecule has 1 fully saturated rings. The molecule has 0 bridgehead atoms. The number of benzene rings is 5. The first-order chi connectivity index (χ1) is 17.3. The largest absolute Gasteiger partial charge is 0.370 e. The molecule has 1 aliphatic heterocycles. The van der Waals surface area contributed by atoms with Crippen molar-refractivity contribution in [3.63, 3.8) is 0 Å². The smallest absolute Gasteiger partial charge is 0.165 e. The van der Waals surface area contributed by atoms with Crippen LogP contribution in [0.25, 0.3) is 10.8 Å². The van der Waals surface area contributed by atoms with Gasteiger partial charge < -0.3 is 10.0 Å². The minimum Gasteiger partial charge on any atom is -0.370 e. The summed E-state index contributed by atoms with van der Waals surface area (Å²) < 4.78 is 0. The Bertz CT molecular complexity index is 1320. The zero-order chi connectivity index (χ0) is 23.7. The third kappa shape index (κ3) is 3.65. The fraction of sp³-hybridized carbons (Fsp3) is 0.125. The number of aliphatic hydroxyl groups excluding tert-OH is 1. The monoisotopic (exact) mass is 474 g/mol. The van der Waals surface area contributed by atoms with E-state index in [0.717, 1.165) is 18.7 Å². The number of fused-ring (bicyclic) bond motifs is 1. The van der Waals surface area contributed by atoms with Gasteiger partial charge in [0.25, 0.3) is 0 Å². The second kappa shape index (κ2) is 9.30. The summed E-state index contributed by atoms with van der Waals surface area (Å²) in [5.41, 5.74) is 1.19. The molecule has 5 aromatic carbocycles. The van der Waals surface area contributed by atoms with Crippen molar-refractivity contribution in [2.45, 2.75) is 18.3 Å². The lowest BCUT2D eigenvalue weighted by Gasteiger charge is -2.35. The summed E-state index contributed by atoms with van der Waals surface area (Å²) in [7, 11) is -2.17. The second-order valence-electron chi connectivity index (χ2n) is 9.19. The number of rotatable bonds is 5. The van der Waals surface area contributed by atoms with E-state index in [1.165, 1.54) is 26.7 Å². The first kappa shape index (κ1) is 22.0. The van der Waals surface area contributed by atoms with Crippen molar-refractivity contribution in [2.24, 2.45) is 0 Å². The van der Waals surface area contributed by atoms with Gasteiger partial charge in [-0.1, -0.05) is 91.0 Å². The van der Waals surface area contributed by atoms with Crippen molar-refractivity contribution in [3.8, 4) is 0 Å². The van der Waals surface area contributed by atoms with E-state index in [4.69, 9.17) is 0 Å². The number of anilines is 1. The molecule has 1 heterocycles. The Morgan fingerprint density at radius 3 is 1.63 bits per heavy atom. The number of hydrogen-bond acceptors (Lipinski definition) is 2. The highest BCUT2D eigenvalue weighted by Gasteiger charge is 2.58. The summed E-state index contributed by atoms with van der Waals surface area (Å²) >= 11 is 0. The zero-order valence-corrected chi connectivity index (χ0v) is 20.5. The van der Waals surface area contributed by atoms with Crippen molar-refractivity contribution < 1.29 is 5.11 Å². The third-order valence-corrected chi connectivity index (χ3v) is 12.3. The van der Waals surface area contributed by atoms with Crippen molar-refractivity contribution in [2.75, 3.05) is 11.4 Å². The van der Waals surface area contributed by atoms with Gasteiger partial charge in [0.1, 0.15) is 28.8 Å². The quantitative estimate of drug-likeness (QED) is 0.329. The van der Waals surface area contributed by atoms with Gasteiger partial charge in [-0.25, -0.2) is 0 Å². The van der Waals surface area contributed by atoms with Crippen molar-refractivity contribution in [3.05, 3.63) is 133 Å². The molecule has 6 rings (SSSR count). The van der Waals surface area contributed by atoms with E-state index in [2.05, 4.69) is 138 Å². The summed E-state index contributed by atoms with van der Waals surface area (Å²) in [6.07, 6.45) is 0.339. The Morgan fingerprint density at radius 1 is 0.571 bits per heavy atom. The molecule has 1 saturated heterocycles. The minimum absolute atomic E-state index is 0.0775. The molecule has 0 radical (unpaired) electrons. The normalized spacial score (nSPS) is 18.1. The first-order valence-electron chi connectivity index (χ1n) is 12.3. The lowest BCUT2D eigenvalue weighted by atomic mass is 10.1. The fourth-order valence-electron chi connectivity index (χ4n) is 5.89.